The van der Waals surface area contributed by atoms with Crippen molar-refractivity contribution in [3.05, 3.63) is 33.3 Å². The summed E-state index contributed by atoms with van der Waals surface area (Å²) in [6.07, 6.45) is 1.44. The maximum Gasteiger partial charge on any atom is 0.262 e. The number of aromatic nitrogens is 2. The zero-order chi connectivity index (χ0) is 13.4. The van der Waals surface area contributed by atoms with E-state index < -0.39 is 0 Å². The minimum absolute atomic E-state index is 0.0461. The van der Waals surface area contributed by atoms with Gasteiger partial charge in [-0.15, -0.1) is 0 Å². The molecule has 0 fully saturated rings. The Bertz CT molecular complexity index is 662. The first-order valence-corrected chi connectivity index (χ1v) is 6.25. The maximum atomic E-state index is 12.1. The van der Waals surface area contributed by atoms with E-state index in [0.717, 1.165) is 0 Å². The fourth-order valence-electron chi connectivity index (χ4n) is 1.96. The van der Waals surface area contributed by atoms with Crippen LogP contribution in [0.15, 0.2) is 17.2 Å². The number of phenolic OH excluding ortho intramolecular Hbond substituents is 1. The number of nitrogens with zero attached hydrogens (tertiary/aromatic N) is 2. The number of halogens is 1. The molecule has 0 atom stereocenters. The van der Waals surface area contributed by atoms with E-state index in [2.05, 4.69) is 4.98 Å². The molecule has 1 aromatic carbocycles. The molecule has 0 aliphatic rings. The lowest BCUT2D eigenvalue weighted by Crippen LogP contribution is -2.20. The lowest BCUT2D eigenvalue weighted by atomic mass is 10.0. The van der Waals surface area contributed by atoms with Gasteiger partial charge in [0.15, 0.2) is 0 Å². The van der Waals surface area contributed by atoms with E-state index in [-0.39, 0.29) is 28.1 Å². The molecular formula is C13H15ClN2O2. The third-order valence-electron chi connectivity index (χ3n) is 3.02. The highest BCUT2D eigenvalue weighted by atomic mass is 35.5. The molecule has 0 aliphatic carbocycles. The van der Waals surface area contributed by atoms with Gasteiger partial charge in [0.25, 0.3) is 5.56 Å². The van der Waals surface area contributed by atoms with Crippen LogP contribution in [0.4, 0.5) is 0 Å². The van der Waals surface area contributed by atoms with Gasteiger partial charge in [0.2, 0.25) is 0 Å². The second-order valence-electron chi connectivity index (χ2n) is 4.51. The Kier molecular flexibility index (Phi) is 3.30. The topological polar surface area (TPSA) is 55.1 Å². The van der Waals surface area contributed by atoms with Crippen molar-refractivity contribution in [3.8, 4) is 5.75 Å². The lowest BCUT2D eigenvalue weighted by molar-refractivity contribution is 0.469. The van der Waals surface area contributed by atoms with Crippen LogP contribution in [0.25, 0.3) is 10.9 Å². The van der Waals surface area contributed by atoms with E-state index in [1.165, 1.54) is 10.9 Å². The molecule has 0 amide bonds. The summed E-state index contributed by atoms with van der Waals surface area (Å²) in [7, 11) is 0. The van der Waals surface area contributed by atoms with Crippen LogP contribution in [-0.2, 0) is 6.54 Å². The normalized spacial score (nSPS) is 11.4. The predicted molar refractivity (Wildman–Crippen MR) is 72.4 cm³/mol. The number of aryl methyl sites for hydroxylation is 1. The van der Waals surface area contributed by atoms with Crippen LogP contribution < -0.4 is 5.56 Å². The van der Waals surface area contributed by atoms with Crippen molar-refractivity contribution in [2.45, 2.75) is 33.2 Å². The Morgan fingerprint density at radius 2 is 2.17 bits per heavy atom. The fraction of sp³-hybridized carbons (Fsp3) is 0.385. The van der Waals surface area contributed by atoms with Crippen molar-refractivity contribution < 1.29 is 5.11 Å². The Morgan fingerprint density at radius 3 is 2.72 bits per heavy atom. The Hall–Kier alpha value is -1.55. The quantitative estimate of drug-likeness (QED) is 0.909. The highest BCUT2D eigenvalue weighted by molar-refractivity contribution is 6.35. The number of fused-ring (bicyclic) bond motifs is 1. The van der Waals surface area contributed by atoms with Crippen molar-refractivity contribution in [2.24, 2.45) is 0 Å². The largest absolute Gasteiger partial charge is 0.505 e. The first kappa shape index (κ1) is 12.9. The lowest BCUT2D eigenvalue weighted by Gasteiger charge is -2.12. The van der Waals surface area contributed by atoms with E-state index in [1.54, 1.807) is 6.07 Å². The third kappa shape index (κ3) is 1.86. The molecule has 0 radical (unpaired) electrons. The van der Waals surface area contributed by atoms with Crippen molar-refractivity contribution in [3.63, 3.8) is 0 Å². The van der Waals surface area contributed by atoms with Gasteiger partial charge in [-0.1, -0.05) is 25.4 Å². The smallest absolute Gasteiger partial charge is 0.262 e. The number of rotatable bonds is 2. The highest BCUT2D eigenvalue weighted by Gasteiger charge is 2.17. The molecule has 0 bridgehead atoms. The Balaban J connectivity index is 2.93. The van der Waals surface area contributed by atoms with Gasteiger partial charge in [0.1, 0.15) is 11.3 Å². The number of hydrogen-bond acceptors (Lipinski definition) is 3. The monoisotopic (exact) mass is 266 g/mol. The average Bonchev–Trinajstić information content (AvgIpc) is 2.33. The van der Waals surface area contributed by atoms with Crippen LogP contribution in [0.2, 0.25) is 5.02 Å². The van der Waals surface area contributed by atoms with Crippen LogP contribution in [0.5, 0.6) is 5.75 Å². The third-order valence-corrected chi connectivity index (χ3v) is 3.32. The zero-order valence-corrected chi connectivity index (χ0v) is 11.3. The van der Waals surface area contributed by atoms with E-state index in [4.69, 9.17) is 11.6 Å². The zero-order valence-electron chi connectivity index (χ0n) is 10.6. The van der Waals surface area contributed by atoms with Crippen molar-refractivity contribution in [1.82, 2.24) is 9.55 Å². The summed E-state index contributed by atoms with van der Waals surface area (Å²) >= 11 is 6.15. The molecule has 0 unspecified atom stereocenters. The molecule has 96 valence electrons. The molecule has 18 heavy (non-hydrogen) atoms. The Labute approximate surface area is 110 Å². The molecule has 2 rings (SSSR count). The van der Waals surface area contributed by atoms with Gasteiger partial charge in [-0.05, 0) is 18.9 Å². The summed E-state index contributed by atoms with van der Waals surface area (Å²) in [6.45, 7) is 6.27. The summed E-state index contributed by atoms with van der Waals surface area (Å²) in [5, 5.41) is 10.8. The molecule has 0 spiro atoms. The first-order chi connectivity index (χ1) is 8.47. The van der Waals surface area contributed by atoms with Crippen LogP contribution >= 0.6 is 11.6 Å². The van der Waals surface area contributed by atoms with E-state index in [0.29, 0.717) is 17.1 Å². The molecule has 0 aliphatic heterocycles. The van der Waals surface area contributed by atoms with Gasteiger partial charge in [-0.25, -0.2) is 4.98 Å². The molecule has 2 aromatic rings. The van der Waals surface area contributed by atoms with Gasteiger partial charge in [0.05, 0.1) is 16.7 Å². The molecule has 5 heteroatoms. The molecule has 1 N–H and O–H groups in total. The van der Waals surface area contributed by atoms with Crippen molar-refractivity contribution in [1.29, 1.82) is 0 Å². The molecule has 0 saturated heterocycles. The van der Waals surface area contributed by atoms with Gasteiger partial charge < -0.3 is 5.11 Å². The molecule has 0 saturated carbocycles. The van der Waals surface area contributed by atoms with Crippen LogP contribution in [0, 0.1) is 0 Å². The number of phenols is 1. The summed E-state index contributed by atoms with van der Waals surface area (Å²) in [5.41, 5.74) is 0.757. The van der Waals surface area contributed by atoms with Crippen LogP contribution in [0.1, 0.15) is 32.3 Å². The van der Waals surface area contributed by atoms with Crippen LogP contribution in [0.3, 0.4) is 0 Å². The minimum Gasteiger partial charge on any atom is -0.505 e. The van der Waals surface area contributed by atoms with Gasteiger partial charge in [-0.3, -0.25) is 9.36 Å². The molecule has 1 aromatic heterocycles. The van der Waals surface area contributed by atoms with Crippen molar-refractivity contribution in [2.75, 3.05) is 0 Å². The second kappa shape index (κ2) is 4.61. The summed E-state index contributed by atoms with van der Waals surface area (Å²) in [4.78, 5) is 16.3. The summed E-state index contributed by atoms with van der Waals surface area (Å²) in [6, 6.07) is 1.65. The highest BCUT2D eigenvalue weighted by Crippen LogP contribution is 2.35. The number of hydrogen-bond donors (Lipinski definition) is 1. The summed E-state index contributed by atoms with van der Waals surface area (Å²) < 4.78 is 1.46. The van der Waals surface area contributed by atoms with E-state index >= 15 is 0 Å². The van der Waals surface area contributed by atoms with Gasteiger partial charge in [0, 0.05) is 12.1 Å². The molecule has 4 nitrogen and oxygen atoms in total. The van der Waals surface area contributed by atoms with E-state index in [9.17, 15) is 9.90 Å². The van der Waals surface area contributed by atoms with Crippen LogP contribution in [-0.4, -0.2) is 14.7 Å². The SMILES string of the molecule is CCn1cnc2c(O)c(C(C)C)cc(Cl)c2c1=O. The van der Waals surface area contributed by atoms with E-state index in [1.807, 2.05) is 20.8 Å². The van der Waals surface area contributed by atoms with Gasteiger partial charge >= 0.3 is 0 Å². The predicted octanol–water partition coefficient (Wildman–Crippen LogP) is 2.90. The first-order valence-electron chi connectivity index (χ1n) is 5.87. The maximum absolute atomic E-state index is 12.1. The Morgan fingerprint density at radius 1 is 1.50 bits per heavy atom. The van der Waals surface area contributed by atoms with Crippen molar-refractivity contribution >= 4 is 22.5 Å². The second-order valence-corrected chi connectivity index (χ2v) is 4.92. The van der Waals surface area contributed by atoms with Gasteiger partial charge in [-0.2, -0.15) is 0 Å². The number of benzene rings is 1. The standard InChI is InChI=1S/C13H15ClN2O2/c1-4-16-6-15-11-10(13(16)18)9(14)5-8(7(2)3)12(11)17/h5-7,17H,4H2,1-3H3. The molecular weight excluding hydrogens is 252 g/mol. The average molecular weight is 267 g/mol. The number of aromatic hydroxyl groups is 1. The fourth-order valence-corrected chi connectivity index (χ4v) is 2.25. The summed E-state index contributed by atoms with van der Waals surface area (Å²) in [5.74, 6) is 0.159. The molecule has 1 heterocycles. The minimum atomic E-state index is -0.224.